The summed E-state index contributed by atoms with van der Waals surface area (Å²) in [5.74, 6) is 0.495. The molecule has 0 aromatic carbocycles. The number of piperidine rings is 1. The molecule has 8 nitrogen and oxygen atoms in total. The molecule has 2 heterocycles. The predicted molar refractivity (Wildman–Crippen MR) is 102 cm³/mol. The van der Waals surface area contributed by atoms with Crippen LogP contribution in [0.5, 0.6) is 0 Å². The van der Waals surface area contributed by atoms with E-state index in [4.69, 9.17) is 0 Å². The zero-order valence-electron chi connectivity index (χ0n) is 16.1. The van der Waals surface area contributed by atoms with Crippen molar-refractivity contribution in [2.24, 2.45) is 10.9 Å². The number of pyridine rings is 1. The molecule has 0 aliphatic carbocycles. The second-order valence-corrected chi connectivity index (χ2v) is 8.62. The van der Waals surface area contributed by atoms with Crippen molar-refractivity contribution in [3.05, 3.63) is 30.1 Å². The van der Waals surface area contributed by atoms with Crippen LogP contribution >= 0.6 is 0 Å². The van der Waals surface area contributed by atoms with Crippen molar-refractivity contribution in [2.75, 3.05) is 32.7 Å². The highest BCUT2D eigenvalue weighted by molar-refractivity contribution is 7.90. The lowest BCUT2D eigenvalue weighted by Crippen LogP contribution is -2.47. The molecule has 3 N–H and O–H groups in total. The lowest BCUT2D eigenvalue weighted by molar-refractivity contribution is -0.0496. The maximum Gasteiger partial charge on any atom is 0.511 e. The van der Waals surface area contributed by atoms with Crippen LogP contribution in [0.3, 0.4) is 0 Å². The topological polar surface area (TPSA) is 107 Å². The Kier molecular flexibility index (Phi) is 8.23. The molecule has 0 saturated carbocycles. The summed E-state index contributed by atoms with van der Waals surface area (Å²) >= 11 is 0. The number of nitrogens with zero attached hydrogens (tertiary/aromatic N) is 3. The fourth-order valence-electron chi connectivity index (χ4n) is 2.95. The summed E-state index contributed by atoms with van der Waals surface area (Å²) in [6, 6.07) is 3.40. The Morgan fingerprint density at radius 1 is 1.31 bits per heavy atom. The molecule has 1 saturated heterocycles. The van der Waals surface area contributed by atoms with Gasteiger partial charge in [0, 0.05) is 38.6 Å². The molecule has 1 fully saturated rings. The number of halogens is 3. The summed E-state index contributed by atoms with van der Waals surface area (Å²) < 4.78 is 61.3. The van der Waals surface area contributed by atoms with E-state index in [1.165, 1.54) is 0 Å². The zero-order chi connectivity index (χ0) is 21.5. The molecular formula is C17H26F3N5O3S. The first-order chi connectivity index (χ1) is 13.6. The first kappa shape index (κ1) is 23.4. The minimum atomic E-state index is -5.27. The Bertz CT molecular complexity index is 766. The number of aliphatic hydroxyl groups excluding tert-OH is 1. The Labute approximate surface area is 168 Å². The minimum Gasteiger partial charge on any atom is -0.386 e. The van der Waals surface area contributed by atoms with Crippen molar-refractivity contribution in [3.8, 4) is 0 Å². The van der Waals surface area contributed by atoms with Gasteiger partial charge in [-0.3, -0.25) is 9.98 Å². The van der Waals surface area contributed by atoms with E-state index >= 15 is 0 Å². The number of guanidine groups is 1. The fraction of sp³-hybridized carbons (Fsp3) is 0.647. The number of aromatic nitrogens is 1. The van der Waals surface area contributed by atoms with Crippen LogP contribution in [0.1, 0.15) is 31.4 Å². The minimum absolute atomic E-state index is 0.0173. The van der Waals surface area contributed by atoms with Crippen LogP contribution in [0.25, 0.3) is 0 Å². The first-order valence-electron chi connectivity index (χ1n) is 9.31. The number of sulfonamides is 1. The van der Waals surface area contributed by atoms with Gasteiger partial charge in [0.05, 0.1) is 12.6 Å². The van der Waals surface area contributed by atoms with Crippen LogP contribution in [-0.2, 0) is 10.0 Å². The van der Waals surface area contributed by atoms with E-state index in [1.807, 2.05) is 6.92 Å². The number of hydrogen-bond acceptors (Lipinski definition) is 5. The summed E-state index contributed by atoms with van der Waals surface area (Å²) in [4.78, 5) is 8.22. The van der Waals surface area contributed by atoms with Crippen molar-refractivity contribution >= 4 is 16.0 Å². The Hall–Kier alpha value is -1.92. The molecule has 1 aliphatic heterocycles. The zero-order valence-corrected chi connectivity index (χ0v) is 16.9. The standard InChI is InChI=1S/C17H26F3N5O3S/c1-2-22-16(24-12-15(26)14-3-7-21-8-4-14)23-11-13-5-9-25(10-6-13)29(27,28)17(18,19)20/h3-4,7-8,13,15,26H,2,5-6,9-12H2,1H3,(H2,22,23,24). The Balaban J connectivity index is 1.85. The highest BCUT2D eigenvalue weighted by Gasteiger charge is 2.50. The quantitative estimate of drug-likeness (QED) is 0.438. The van der Waals surface area contributed by atoms with Gasteiger partial charge in [0.1, 0.15) is 0 Å². The average molecular weight is 437 g/mol. The van der Waals surface area contributed by atoms with Gasteiger partial charge in [-0.25, -0.2) is 8.42 Å². The third-order valence-corrected chi connectivity index (χ3v) is 6.25. The van der Waals surface area contributed by atoms with Gasteiger partial charge in [-0.15, -0.1) is 0 Å². The third-order valence-electron chi connectivity index (χ3n) is 4.62. The molecule has 1 atom stereocenters. The summed E-state index contributed by atoms with van der Waals surface area (Å²) in [7, 11) is -5.26. The molecule has 29 heavy (non-hydrogen) atoms. The second kappa shape index (κ2) is 10.2. The Morgan fingerprint density at radius 3 is 2.48 bits per heavy atom. The predicted octanol–water partition coefficient (Wildman–Crippen LogP) is 1.23. The van der Waals surface area contributed by atoms with Gasteiger partial charge in [0.15, 0.2) is 5.96 Å². The molecule has 164 valence electrons. The molecule has 1 aliphatic rings. The summed E-state index contributed by atoms with van der Waals surface area (Å²) in [6.45, 7) is 2.72. The van der Waals surface area contributed by atoms with E-state index in [0.29, 0.717) is 41.8 Å². The van der Waals surface area contributed by atoms with E-state index < -0.39 is 21.6 Å². The van der Waals surface area contributed by atoms with Crippen molar-refractivity contribution in [3.63, 3.8) is 0 Å². The van der Waals surface area contributed by atoms with Crippen LogP contribution in [0.4, 0.5) is 13.2 Å². The van der Waals surface area contributed by atoms with Gasteiger partial charge in [-0.05, 0) is 43.4 Å². The van der Waals surface area contributed by atoms with E-state index in [-0.39, 0.29) is 25.6 Å². The number of rotatable bonds is 7. The molecule has 1 aromatic heterocycles. The van der Waals surface area contributed by atoms with Crippen LogP contribution in [0, 0.1) is 5.92 Å². The number of aliphatic imine (C=N–C) groups is 1. The molecular weight excluding hydrogens is 411 g/mol. The van der Waals surface area contributed by atoms with Gasteiger partial charge < -0.3 is 15.7 Å². The smallest absolute Gasteiger partial charge is 0.386 e. The molecule has 12 heteroatoms. The van der Waals surface area contributed by atoms with Crippen LogP contribution in [0.2, 0.25) is 0 Å². The second-order valence-electron chi connectivity index (χ2n) is 6.69. The van der Waals surface area contributed by atoms with Gasteiger partial charge in [-0.2, -0.15) is 17.5 Å². The van der Waals surface area contributed by atoms with E-state index in [9.17, 15) is 26.7 Å². The monoisotopic (exact) mass is 437 g/mol. The molecule has 0 amide bonds. The molecule has 2 rings (SSSR count). The number of nitrogens with one attached hydrogen (secondary N) is 2. The number of alkyl halides is 3. The summed E-state index contributed by atoms with van der Waals surface area (Å²) in [5, 5.41) is 16.3. The number of aliphatic hydroxyl groups is 1. The van der Waals surface area contributed by atoms with Gasteiger partial charge >= 0.3 is 15.5 Å². The molecule has 0 spiro atoms. The van der Waals surface area contributed by atoms with Crippen molar-refractivity contribution in [1.29, 1.82) is 0 Å². The first-order valence-corrected chi connectivity index (χ1v) is 10.8. The molecule has 1 unspecified atom stereocenters. The van der Waals surface area contributed by atoms with Gasteiger partial charge in [0.2, 0.25) is 0 Å². The average Bonchev–Trinajstić information content (AvgIpc) is 2.70. The largest absolute Gasteiger partial charge is 0.511 e. The molecule has 0 radical (unpaired) electrons. The van der Waals surface area contributed by atoms with Crippen molar-refractivity contribution in [1.82, 2.24) is 19.9 Å². The maximum absolute atomic E-state index is 12.6. The normalized spacial score (nSPS) is 18.4. The van der Waals surface area contributed by atoms with E-state index in [0.717, 1.165) is 0 Å². The molecule has 0 bridgehead atoms. The van der Waals surface area contributed by atoms with Crippen molar-refractivity contribution < 1.29 is 26.7 Å². The summed E-state index contributed by atoms with van der Waals surface area (Å²) in [5.41, 5.74) is -4.57. The lowest BCUT2D eigenvalue weighted by Gasteiger charge is -2.31. The maximum atomic E-state index is 12.6. The van der Waals surface area contributed by atoms with Crippen LogP contribution < -0.4 is 10.6 Å². The van der Waals surface area contributed by atoms with E-state index in [2.05, 4.69) is 20.6 Å². The summed E-state index contributed by atoms with van der Waals surface area (Å²) in [6.07, 6.45) is 3.01. The third kappa shape index (κ3) is 6.54. The highest BCUT2D eigenvalue weighted by atomic mass is 32.2. The van der Waals surface area contributed by atoms with Gasteiger partial charge in [0.25, 0.3) is 0 Å². The SMILES string of the molecule is CCNC(=NCC(O)c1ccncc1)NCC1CCN(S(=O)(=O)C(F)(F)F)CC1. The van der Waals surface area contributed by atoms with Crippen molar-refractivity contribution in [2.45, 2.75) is 31.4 Å². The van der Waals surface area contributed by atoms with Crippen LogP contribution in [-0.4, -0.2) is 67.0 Å². The molecule has 1 aromatic rings. The highest BCUT2D eigenvalue weighted by Crippen LogP contribution is 2.30. The van der Waals surface area contributed by atoms with Gasteiger partial charge in [-0.1, -0.05) is 0 Å². The number of hydrogen-bond donors (Lipinski definition) is 3. The van der Waals surface area contributed by atoms with Crippen LogP contribution in [0.15, 0.2) is 29.5 Å². The Morgan fingerprint density at radius 2 is 1.93 bits per heavy atom. The fourth-order valence-corrected chi connectivity index (χ4v) is 3.94. The lowest BCUT2D eigenvalue weighted by atomic mass is 9.98. The van der Waals surface area contributed by atoms with E-state index in [1.54, 1.807) is 24.5 Å².